The zero-order chi connectivity index (χ0) is 14.5. The van der Waals surface area contributed by atoms with Gasteiger partial charge in [0.2, 0.25) is 0 Å². The first-order valence-corrected chi connectivity index (χ1v) is 7.42. The minimum atomic E-state index is -0.318. The van der Waals surface area contributed by atoms with Crippen molar-refractivity contribution in [3.8, 4) is 0 Å². The average Bonchev–Trinajstić information content (AvgIpc) is 2.50. The smallest absolute Gasteiger partial charge is 0.340 e. The summed E-state index contributed by atoms with van der Waals surface area (Å²) in [5.74, 6) is -0.318. The van der Waals surface area contributed by atoms with Crippen LogP contribution in [0.25, 0.3) is 0 Å². The molecule has 1 saturated carbocycles. The second-order valence-electron chi connectivity index (χ2n) is 5.31. The Kier molecular flexibility index (Phi) is 4.88. The molecule has 1 aromatic rings. The lowest BCUT2D eigenvalue weighted by atomic mass is 9.93. The van der Waals surface area contributed by atoms with Crippen LogP contribution in [0, 0.1) is 0 Å². The molecule has 0 aromatic heterocycles. The summed E-state index contributed by atoms with van der Waals surface area (Å²) in [6.45, 7) is 2.96. The molecule has 0 amide bonds. The van der Waals surface area contributed by atoms with Crippen molar-refractivity contribution in [2.75, 3.05) is 24.3 Å². The highest BCUT2D eigenvalue weighted by atomic mass is 16.5. The molecule has 0 bridgehead atoms. The molecule has 1 aromatic carbocycles. The lowest BCUT2D eigenvalue weighted by molar-refractivity contribution is 0.0601. The average molecular weight is 276 g/mol. The molecule has 2 rings (SSSR count). The summed E-state index contributed by atoms with van der Waals surface area (Å²) in [5.41, 5.74) is 8.21. The van der Waals surface area contributed by atoms with Crippen LogP contribution in [0.4, 0.5) is 11.4 Å². The van der Waals surface area contributed by atoms with E-state index >= 15 is 0 Å². The van der Waals surface area contributed by atoms with Crippen molar-refractivity contribution < 1.29 is 9.53 Å². The normalized spacial score (nSPS) is 15.9. The number of benzene rings is 1. The molecule has 4 heteroatoms. The Balaban J connectivity index is 2.39. The predicted molar refractivity (Wildman–Crippen MR) is 82.1 cm³/mol. The molecule has 0 atom stereocenters. The van der Waals surface area contributed by atoms with Crippen LogP contribution in [0.3, 0.4) is 0 Å². The van der Waals surface area contributed by atoms with E-state index in [2.05, 4.69) is 11.8 Å². The Morgan fingerprint density at radius 2 is 2.05 bits per heavy atom. The van der Waals surface area contributed by atoms with Crippen LogP contribution in [0.2, 0.25) is 0 Å². The maximum Gasteiger partial charge on any atom is 0.340 e. The number of para-hydroxylation sites is 1. The van der Waals surface area contributed by atoms with Gasteiger partial charge in [-0.05, 0) is 31.9 Å². The van der Waals surface area contributed by atoms with Gasteiger partial charge in [0.05, 0.1) is 24.0 Å². The molecule has 0 radical (unpaired) electrons. The minimum Gasteiger partial charge on any atom is -0.465 e. The van der Waals surface area contributed by atoms with E-state index in [0.717, 1.165) is 12.2 Å². The van der Waals surface area contributed by atoms with E-state index in [4.69, 9.17) is 10.5 Å². The highest BCUT2D eigenvalue weighted by Gasteiger charge is 2.25. The van der Waals surface area contributed by atoms with Crippen LogP contribution < -0.4 is 10.6 Å². The predicted octanol–water partition coefficient (Wildman–Crippen LogP) is 3.21. The number of nitrogen functional groups attached to an aromatic ring is 1. The summed E-state index contributed by atoms with van der Waals surface area (Å²) in [5, 5.41) is 0. The van der Waals surface area contributed by atoms with E-state index in [9.17, 15) is 4.79 Å². The summed E-state index contributed by atoms with van der Waals surface area (Å²) >= 11 is 0. The molecule has 0 saturated heterocycles. The van der Waals surface area contributed by atoms with Crippen LogP contribution >= 0.6 is 0 Å². The van der Waals surface area contributed by atoms with E-state index in [-0.39, 0.29) is 5.97 Å². The molecular formula is C16H24N2O2. The van der Waals surface area contributed by atoms with Gasteiger partial charge < -0.3 is 15.4 Å². The van der Waals surface area contributed by atoms with Gasteiger partial charge >= 0.3 is 5.97 Å². The first-order chi connectivity index (χ1) is 9.69. The Morgan fingerprint density at radius 1 is 1.35 bits per heavy atom. The largest absolute Gasteiger partial charge is 0.465 e. The van der Waals surface area contributed by atoms with Gasteiger partial charge in [-0.1, -0.05) is 25.3 Å². The molecule has 0 unspecified atom stereocenters. The van der Waals surface area contributed by atoms with Crippen molar-refractivity contribution in [3.05, 3.63) is 23.8 Å². The molecule has 1 fully saturated rings. The third kappa shape index (κ3) is 2.89. The summed E-state index contributed by atoms with van der Waals surface area (Å²) in [6, 6.07) is 5.93. The van der Waals surface area contributed by atoms with Gasteiger partial charge in [0.25, 0.3) is 0 Å². The fourth-order valence-corrected chi connectivity index (χ4v) is 3.15. The highest BCUT2D eigenvalue weighted by molar-refractivity contribution is 5.99. The van der Waals surface area contributed by atoms with E-state index in [1.807, 2.05) is 6.07 Å². The maximum absolute atomic E-state index is 12.0. The lowest BCUT2D eigenvalue weighted by Crippen LogP contribution is -2.38. The number of methoxy groups -OCH3 is 1. The minimum absolute atomic E-state index is 0.318. The fraction of sp³-hybridized carbons (Fsp3) is 0.562. The van der Waals surface area contributed by atoms with Crippen LogP contribution in [-0.4, -0.2) is 25.7 Å². The molecule has 20 heavy (non-hydrogen) atoms. The Labute approximate surface area is 120 Å². The van der Waals surface area contributed by atoms with E-state index in [1.54, 1.807) is 12.1 Å². The second-order valence-corrected chi connectivity index (χ2v) is 5.31. The fourth-order valence-electron chi connectivity index (χ4n) is 3.15. The van der Waals surface area contributed by atoms with Crippen molar-refractivity contribution in [1.29, 1.82) is 0 Å². The number of hydrogen-bond donors (Lipinski definition) is 1. The summed E-state index contributed by atoms with van der Waals surface area (Å²) in [7, 11) is 1.41. The number of anilines is 2. The lowest BCUT2D eigenvalue weighted by Gasteiger charge is -2.36. The number of ether oxygens (including phenoxy) is 1. The molecule has 0 aliphatic heterocycles. The van der Waals surface area contributed by atoms with Crippen molar-refractivity contribution >= 4 is 17.3 Å². The summed E-state index contributed by atoms with van der Waals surface area (Å²) < 4.78 is 4.89. The molecule has 1 aliphatic carbocycles. The maximum atomic E-state index is 12.0. The number of esters is 1. The number of nitrogens with zero attached hydrogens (tertiary/aromatic N) is 1. The zero-order valence-electron chi connectivity index (χ0n) is 12.4. The number of nitrogens with two attached hydrogens (primary N) is 1. The molecule has 1 aliphatic rings. The van der Waals surface area contributed by atoms with E-state index in [1.165, 1.54) is 39.2 Å². The summed E-state index contributed by atoms with van der Waals surface area (Å²) in [4.78, 5) is 14.3. The molecule has 4 nitrogen and oxygen atoms in total. The Morgan fingerprint density at radius 3 is 2.65 bits per heavy atom. The molecule has 110 valence electrons. The van der Waals surface area contributed by atoms with Gasteiger partial charge in [0.15, 0.2) is 0 Å². The first-order valence-electron chi connectivity index (χ1n) is 7.42. The van der Waals surface area contributed by atoms with Crippen LogP contribution in [-0.2, 0) is 4.74 Å². The van der Waals surface area contributed by atoms with Crippen LogP contribution in [0.1, 0.15) is 49.4 Å². The van der Waals surface area contributed by atoms with Crippen molar-refractivity contribution in [2.24, 2.45) is 0 Å². The van der Waals surface area contributed by atoms with Gasteiger partial charge in [0, 0.05) is 12.6 Å². The van der Waals surface area contributed by atoms with E-state index < -0.39 is 0 Å². The van der Waals surface area contributed by atoms with E-state index in [0.29, 0.717) is 17.3 Å². The highest BCUT2D eigenvalue weighted by Crippen LogP contribution is 2.34. The molecule has 2 N–H and O–H groups in total. The molecular weight excluding hydrogens is 252 g/mol. The Hall–Kier alpha value is -1.71. The zero-order valence-corrected chi connectivity index (χ0v) is 12.4. The van der Waals surface area contributed by atoms with Gasteiger partial charge in [-0.3, -0.25) is 0 Å². The quantitative estimate of drug-likeness (QED) is 0.677. The van der Waals surface area contributed by atoms with Gasteiger partial charge in [-0.25, -0.2) is 4.79 Å². The SMILES string of the molecule is CCN(c1c(N)cccc1C(=O)OC)C1CCCCC1. The molecule has 0 heterocycles. The third-order valence-corrected chi connectivity index (χ3v) is 4.12. The summed E-state index contributed by atoms with van der Waals surface area (Å²) in [6.07, 6.45) is 6.15. The first kappa shape index (κ1) is 14.7. The third-order valence-electron chi connectivity index (χ3n) is 4.12. The van der Waals surface area contributed by atoms with Crippen molar-refractivity contribution in [1.82, 2.24) is 0 Å². The van der Waals surface area contributed by atoms with Gasteiger partial charge in [-0.15, -0.1) is 0 Å². The van der Waals surface area contributed by atoms with Crippen molar-refractivity contribution in [2.45, 2.75) is 45.1 Å². The number of carbonyl (C=O) groups is 1. The second kappa shape index (κ2) is 6.64. The van der Waals surface area contributed by atoms with Crippen molar-refractivity contribution in [3.63, 3.8) is 0 Å². The standard InChI is InChI=1S/C16H24N2O2/c1-3-18(12-8-5-4-6-9-12)15-13(16(19)20-2)10-7-11-14(15)17/h7,10-12H,3-6,8-9,17H2,1-2H3. The van der Waals surface area contributed by atoms with Gasteiger partial charge in [0.1, 0.15) is 0 Å². The van der Waals surface area contributed by atoms with Crippen LogP contribution in [0.15, 0.2) is 18.2 Å². The topological polar surface area (TPSA) is 55.6 Å². The number of hydrogen-bond acceptors (Lipinski definition) is 4. The Bertz CT molecular complexity index is 468. The number of carbonyl (C=O) groups excluding carboxylic acids is 1. The number of rotatable bonds is 4. The molecule has 0 spiro atoms. The van der Waals surface area contributed by atoms with Gasteiger partial charge in [-0.2, -0.15) is 0 Å². The monoisotopic (exact) mass is 276 g/mol. The van der Waals surface area contributed by atoms with Crippen LogP contribution in [0.5, 0.6) is 0 Å².